The van der Waals surface area contributed by atoms with Gasteiger partial charge in [-0.15, -0.1) is 0 Å². The molecule has 1 N–H and O–H groups in total. The number of ether oxygens (including phenoxy) is 1. The molecular formula is C18H27BrN2O2. The molecule has 0 aromatic heterocycles. The maximum absolute atomic E-state index is 12.3. The Balaban J connectivity index is 1.91. The van der Waals surface area contributed by atoms with E-state index in [2.05, 4.69) is 40.3 Å². The van der Waals surface area contributed by atoms with Crippen molar-refractivity contribution >= 4 is 27.7 Å². The molecule has 0 aliphatic carbocycles. The van der Waals surface area contributed by atoms with Gasteiger partial charge in [0.1, 0.15) is 5.60 Å². The van der Waals surface area contributed by atoms with E-state index < -0.39 is 5.60 Å². The number of nitrogens with zero attached hydrogens (tertiary/aromatic N) is 1. The fourth-order valence-electron chi connectivity index (χ4n) is 2.97. The third-order valence-corrected chi connectivity index (χ3v) is 4.36. The zero-order chi connectivity index (χ0) is 17.0. The van der Waals surface area contributed by atoms with E-state index >= 15 is 0 Å². The normalized spacial score (nSPS) is 19.5. The van der Waals surface area contributed by atoms with Crippen molar-refractivity contribution in [2.45, 2.75) is 64.6 Å². The molecule has 1 aromatic carbocycles. The second-order valence-electron chi connectivity index (χ2n) is 7.26. The van der Waals surface area contributed by atoms with Crippen molar-refractivity contribution in [1.29, 1.82) is 0 Å². The SMILES string of the molecule is CC(CC1CCCN1C(=O)OC(C)(C)C)Nc1cccc(Br)c1. The monoisotopic (exact) mass is 382 g/mol. The Morgan fingerprint density at radius 3 is 2.87 bits per heavy atom. The van der Waals surface area contributed by atoms with Gasteiger partial charge in [0.25, 0.3) is 0 Å². The van der Waals surface area contributed by atoms with E-state index in [0.29, 0.717) is 0 Å². The molecule has 2 atom stereocenters. The highest BCUT2D eigenvalue weighted by molar-refractivity contribution is 9.10. The van der Waals surface area contributed by atoms with Gasteiger partial charge in [-0.3, -0.25) is 0 Å². The average Bonchev–Trinajstić information content (AvgIpc) is 2.84. The van der Waals surface area contributed by atoms with Gasteiger partial charge >= 0.3 is 6.09 Å². The molecule has 1 saturated heterocycles. The fourth-order valence-corrected chi connectivity index (χ4v) is 3.37. The third-order valence-electron chi connectivity index (χ3n) is 3.87. The number of carbonyl (C=O) groups excluding carboxylic acids is 1. The van der Waals surface area contributed by atoms with Gasteiger partial charge in [-0.2, -0.15) is 0 Å². The lowest BCUT2D eigenvalue weighted by Crippen LogP contribution is -2.41. The minimum Gasteiger partial charge on any atom is -0.444 e. The molecule has 1 fully saturated rings. The maximum atomic E-state index is 12.3. The van der Waals surface area contributed by atoms with Crippen LogP contribution in [0.15, 0.2) is 28.7 Å². The second kappa shape index (κ2) is 7.56. The van der Waals surface area contributed by atoms with Crippen LogP contribution in [0.25, 0.3) is 0 Å². The molecule has 0 radical (unpaired) electrons. The zero-order valence-electron chi connectivity index (χ0n) is 14.4. The average molecular weight is 383 g/mol. The van der Waals surface area contributed by atoms with Crippen LogP contribution in [0.2, 0.25) is 0 Å². The summed E-state index contributed by atoms with van der Waals surface area (Å²) in [4.78, 5) is 14.2. The molecular weight excluding hydrogens is 356 g/mol. The highest BCUT2D eigenvalue weighted by Crippen LogP contribution is 2.25. The molecule has 0 bridgehead atoms. The summed E-state index contributed by atoms with van der Waals surface area (Å²) < 4.78 is 6.59. The van der Waals surface area contributed by atoms with Crippen LogP contribution >= 0.6 is 15.9 Å². The smallest absolute Gasteiger partial charge is 0.410 e. The predicted molar refractivity (Wildman–Crippen MR) is 97.8 cm³/mol. The fraction of sp³-hybridized carbons (Fsp3) is 0.611. The first-order valence-electron chi connectivity index (χ1n) is 8.26. The second-order valence-corrected chi connectivity index (χ2v) is 8.18. The van der Waals surface area contributed by atoms with Crippen molar-refractivity contribution in [2.75, 3.05) is 11.9 Å². The number of halogens is 1. The van der Waals surface area contributed by atoms with Crippen LogP contribution in [0.4, 0.5) is 10.5 Å². The van der Waals surface area contributed by atoms with E-state index in [1.165, 1.54) is 0 Å². The standard InChI is InChI=1S/C18H27BrN2O2/c1-13(20-15-8-5-7-14(19)12-15)11-16-9-6-10-21(16)17(22)23-18(2,3)4/h5,7-8,12-13,16,20H,6,9-11H2,1-4H3. The number of amides is 1. The summed E-state index contributed by atoms with van der Waals surface area (Å²) in [7, 11) is 0. The number of benzene rings is 1. The van der Waals surface area contributed by atoms with Crippen LogP contribution in [0.3, 0.4) is 0 Å². The lowest BCUT2D eigenvalue weighted by atomic mass is 10.1. The Labute approximate surface area is 147 Å². The molecule has 0 saturated carbocycles. The molecule has 0 spiro atoms. The van der Waals surface area contributed by atoms with E-state index in [1.807, 2.05) is 37.8 Å². The number of carbonyl (C=O) groups is 1. The van der Waals surface area contributed by atoms with Gasteiger partial charge in [0.05, 0.1) is 0 Å². The molecule has 1 heterocycles. The Bertz CT molecular complexity index is 542. The number of rotatable bonds is 4. The van der Waals surface area contributed by atoms with E-state index in [0.717, 1.165) is 36.0 Å². The van der Waals surface area contributed by atoms with Crippen molar-refractivity contribution in [3.63, 3.8) is 0 Å². The minimum absolute atomic E-state index is 0.186. The number of likely N-dealkylation sites (tertiary alicyclic amines) is 1. The van der Waals surface area contributed by atoms with Crippen molar-refractivity contribution in [3.8, 4) is 0 Å². The summed E-state index contributed by atoms with van der Waals surface area (Å²) in [5.74, 6) is 0. The van der Waals surface area contributed by atoms with Crippen LogP contribution in [0.5, 0.6) is 0 Å². The highest BCUT2D eigenvalue weighted by atomic mass is 79.9. The van der Waals surface area contributed by atoms with Gasteiger partial charge in [-0.05, 0) is 65.2 Å². The first-order chi connectivity index (χ1) is 10.7. The van der Waals surface area contributed by atoms with Crippen molar-refractivity contribution < 1.29 is 9.53 Å². The number of hydrogen-bond acceptors (Lipinski definition) is 3. The van der Waals surface area contributed by atoms with Crippen molar-refractivity contribution in [2.24, 2.45) is 0 Å². The van der Waals surface area contributed by atoms with Crippen LogP contribution in [0.1, 0.15) is 47.0 Å². The number of nitrogens with one attached hydrogen (secondary N) is 1. The number of anilines is 1. The van der Waals surface area contributed by atoms with Crippen LogP contribution in [0, 0.1) is 0 Å². The molecule has 23 heavy (non-hydrogen) atoms. The first kappa shape index (κ1) is 18.1. The first-order valence-corrected chi connectivity index (χ1v) is 9.05. The Morgan fingerprint density at radius 2 is 2.22 bits per heavy atom. The van der Waals surface area contributed by atoms with E-state index in [1.54, 1.807) is 0 Å². The number of hydrogen-bond donors (Lipinski definition) is 1. The van der Waals surface area contributed by atoms with Gasteiger partial charge in [0, 0.05) is 28.8 Å². The topological polar surface area (TPSA) is 41.6 Å². The van der Waals surface area contributed by atoms with E-state index in [4.69, 9.17) is 4.74 Å². The summed E-state index contributed by atoms with van der Waals surface area (Å²) in [5, 5.41) is 3.51. The Morgan fingerprint density at radius 1 is 1.48 bits per heavy atom. The molecule has 1 aliphatic rings. The van der Waals surface area contributed by atoms with Crippen LogP contribution < -0.4 is 5.32 Å². The molecule has 1 aliphatic heterocycles. The van der Waals surface area contributed by atoms with Gasteiger partial charge in [-0.25, -0.2) is 4.79 Å². The molecule has 2 rings (SSSR count). The molecule has 1 aromatic rings. The third kappa shape index (κ3) is 5.72. The van der Waals surface area contributed by atoms with Crippen LogP contribution in [-0.2, 0) is 4.74 Å². The summed E-state index contributed by atoms with van der Waals surface area (Å²) in [6.45, 7) is 8.68. The quantitative estimate of drug-likeness (QED) is 0.792. The lowest BCUT2D eigenvalue weighted by molar-refractivity contribution is 0.0218. The van der Waals surface area contributed by atoms with Crippen molar-refractivity contribution in [1.82, 2.24) is 4.90 Å². The molecule has 5 heteroatoms. The molecule has 1 amide bonds. The van der Waals surface area contributed by atoms with E-state index in [-0.39, 0.29) is 18.2 Å². The molecule has 2 unspecified atom stereocenters. The Hall–Kier alpha value is -1.23. The van der Waals surface area contributed by atoms with Gasteiger partial charge in [0.15, 0.2) is 0 Å². The lowest BCUT2D eigenvalue weighted by Gasteiger charge is -2.30. The largest absolute Gasteiger partial charge is 0.444 e. The van der Waals surface area contributed by atoms with Crippen LogP contribution in [-0.4, -0.2) is 35.2 Å². The molecule has 4 nitrogen and oxygen atoms in total. The maximum Gasteiger partial charge on any atom is 0.410 e. The molecule has 128 valence electrons. The van der Waals surface area contributed by atoms with Gasteiger partial charge in [-0.1, -0.05) is 22.0 Å². The summed E-state index contributed by atoms with van der Waals surface area (Å²) in [6, 6.07) is 8.69. The van der Waals surface area contributed by atoms with Gasteiger partial charge < -0.3 is 15.0 Å². The summed E-state index contributed by atoms with van der Waals surface area (Å²) in [5.41, 5.74) is 0.651. The Kier molecular flexibility index (Phi) is 5.95. The summed E-state index contributed by atoms with van der Waals surface area (Å²) in [6.07, 6.45) is 2.83. The van der Waals surface area contributed by atoms with Gasteiger partial charge in [0.2, 0.25) is 0 Å². The highest BCUT2D eigenvalue weighted by Gasteiger charge is 2.32. The van der Waals surface area contributed by atoms with E-state index in [9.17, 15) is 4.79 Å². The predicted octanol–water partition coefficient (Wildman–Crippen LogP) is 5.04. The summed E-state index contributed by atoms with van der Waals surface area (Å²) >= 11 is 3.49. The van der Waals surface area contributed by atoms with Crippen molar-refractivity contribution in [3.05, 3.63) is 28.7 Å². The minimum atomic E-state index is -0.440. The zero-order valence-corrected chi connectivity index (χ0v) is 16.0.